The summed E-state index contributed by atoms with van der Waals surface area (Å²) >= 11 is 0. The van der Waals surface area contributed by atoms with Gasteiger partial charge in [-0.3, -0.25) is 4.79 Å². The number of nitrogens with one attached hydrogen (secondary N) is 1. The lowest BCUT2D eigenvalue weighted by atomic mass is 10.1. The minimum Gasteiger partial charge on any atom is -0.497 e. The number of carbonyl (C=O) groups excluding carboxylic acids is 1. The van der Waals surface area contributed by atoms with Gasteiger partial charge in [-0.15, -0.1) is 0 Å². The van der Waals surface area contributed by atoms with E-state index >= 15 is 0 Å². The average Bonchev–Trinajstić information content (AvgIpc) is 3.07. The number of ether oxygens (including phenoxy) is 2. The number of amides is 1. The summed E-state index contributed by atoms with van der Waals surface area (Å²) in [6.07, 6.45) is 1.91. The summed E-state index contributed by atoms with van der Waals surface area (Å²) in [7, 11) is 0.0273. The molecule has 0 aliphatic carbocycles. The number of nitrogens with zero attached hydrogens (tertiary/aromatic N) is 2. The zero-order valence-electron chi connectivity index (χ0n) is 16.9. The third-order valence-electron chi connectivity index (χ3n) is 4.85. The van der Waals surface area contributed by atoms with Gasteiger partial charge in [0.25, 0.3) is 5.91 Å². The largest absolute Gasteiger partial charge is 0.497 e. The molecule has 1 heterocycles. The lowest BCUT2D eigenvalue weighted by molar-refractivity contribution is -0.117. The SMILES string of the molecule is COCCN(/C=C(/C#N)C(=O)NC(C)c1ccc(OC)cc1)C1CCS(=O)(=O)C1. The monoisotopic (exact) mass is 421 g/mol. The molecule has 0 spiro atoms. The normalized spacial score (nSPS) is 19.2. The second-order valence-electron chi connectivity index (χ2n) is 6.91. The van der Waals surface area contributed by atoms with E-state index in [9.17, 15) is 18.5 Å². The fourth-order valence-corrected chi connectivity index (χ4v) is 4.88. The molecule has 0 aromatic heterocycles. The molecule has 1 saturated heterocycles. The highest BCUT2D eigenvalue weighted by molar-refractivity contribution is 7.91. The van der Waals surface area contributed by atoms with Crippen molar-refractivity contribution in [3.63, 3.8) is 0 Å². The third-order valence-corrected chi connectivity index (χ3v) is 6.60. The van der Waals surface area contributed by atoms with E-state index < -0.39 is 15.7 Å². The van der Waals surface area contributed by atoms with Gasteiger partial charge in [-0.1, -0.05) is 12.1 Å². The summed E-state index contributed by atoms with van der Waals surface area (Å²) in [6, 6.07) is 8.61. The Hall–Kier alpha value is -2.57. The van der Waals surface area contributed by atoms with Crippen LogP contribution in [0.2, 0.25) is 0 Å². The maximum Gasteiger partial charge on any atom is 0.263 e. The lowest BCUT2D eigenvalue weighted by Crippen LogP contribution is -2.36. The number of methoxy groups -OCH3 is 2. The van der Waals surface area contributed by atoms with Crippen LogP contribution in [0.5, 0.6) is 5.75 Å². The van der Waals surface area contributed by atoms with Crippen molar-refractivity contribution in [2.45, 2.75) is 25.4 Å². The average molecular weight is 422 g/mol. The van der Waals surface area contributed by atoms with Gasteiger partial charge in [-0.05, 0) is 31.0 Å². The van der Waals surface area contributed by atoms with Crippen LogP contribution in [0.1, 0.15) is 24.9 Å². The molecule has 1 amide bonds. The molecule has 1 aromatic rings. The summed E-state index contributed by atoms with van der Waals surface area (Å²) in [5.74, 6) is 0.317. The summed E-state index contributed by atoms with van der Waals surface area (Å²) in [5.41, 5.74) is 0.792. The molecule has 2 rings (SSSR count). The molecule has 1 aliphatic rings. The number of carbonyl (C=O) groups is 1. The molecule has 8 nitrogen and oxygen atoms in total. The maximum absolute atomic E-state index is 12.6. The zero-order chi connectivity index (χ0) is 21.4. The van der Waals surface area contributed by atoms with E-state index in [1.54, 1.807) is 31.3 Å². The van der Waals surface area contributed by atoms with E-state index in [0.717, 1.165) is 5.56 Å². The van der Waals surface area contributed by atoms with Crippen LogP contribution < -0.4 is 10.1 Å². The van der Waals surface area contributed by atoms with Gasteiger partial charge in [0.1, 0.15) is 17.4 Å². The minimum atomic E-state index is -3.09. The zero-order valence-corrected chi connectivity index (χ0v) is 17.7. The molecule has 0 bridgehead atoms. The molecular weight excluding hydrogens is 394 g/mol. The summed E-state index contributed by atoms with van der Waals surface area (Å²) in [5, 5.41) is 12.3. The first kappa shape index (κ1) is 22.7. The second-order valence-corrected chi connectivity index (χ2v) is 9.14. The number of benzene rings is 1. The van der Waals surface area contributed by atoms with Crippen LogP contribution in [0, 0.1) is 11.3 Å². The van der Waals surface area contributed by atoms with Crippen molar-refractivity contribution >= 4 is 15.7 Å². The van der Waals surface area contributed by atoms with Crippen molar-refractivity contribution in [3.05, 3.63) is 41.6 Å². The Morgan fingerprint density at radius 1 is 1.38 bits per heavy atom. The van der Waals surface area contributed by atoms with Crippen LogP contribution in [-0.2, 0) is 19.4 Å². The Labute approximate surface area is 172 Å². The van der Waals surface area contributed by atoms with E-state index in [1.165, 1.54) is 6.20 Å². The molecule has 1 aliphatic heterocycles. The number of rotatable bonds is 9. The lowest BCUT2D eigenvalue weighted by Gasteiger charge is -2.26. The summed E-state index contributed by atoms with van der Waals surface area (Å²) in [4.78, 5) is 14.4. The predicted molar refractivity (Wildman–Crippen MR) is 109 cm³/mol. The van der Waals surface area contributed by atoms with Crippen molar-refractivity contribution < 1.29 is 22.7 Å². The van der Waals surface area contributed by atoms with E-state index in [4.69, 9.17) is 9.47 Å². The second kappa shape index (κ2) is 10.3. The van der Waals surface area contributed by atoms with Crippen LogP contribution in [0.25, 0.3) is 0 Å². The van der Waals surface area contributed by atoms with Gasteiger partial charge in [0.2, 0.25) is 0 Å². The third kappa shape index (κ3) is 6.48. The predicted octanol–water partition coefficient (Wildman–Crippen LogP) is 1.42. The molecule has 1 N–H and O–H groups in total. The molecule has 2 atom stereocenters. The molecule has 2 unspecified atom stereocenters. The molecule has 1 fully saturated rings. The van der Waals surface area contributed by atoms with Crippen LogP contribution in [-0.4, -0.2) is 64.1 Å². The van der Waals surface area contributed by atoms with Gasteiger partial charge in [-0.2, -0.15) is 5.26 Å². The number of nitriles is 1. The molecule has 29 heavy (non-hydrogen) atoms. The summed E-state index contributed by atoms with van der Waals surface area (Å²) < 4.78 is 33.9. The standard InChI is InChI=1S/C20H27N3O5S/c1-15(16-4-6-19(28-3)7-5-16)22-20(24)17(12-21)13-23(9-10-27-2)18-8-11-29(25,26)14-18/h4-7,13,15,18H,8-11,14H2,1-3H3,(H,22,24)/b17-13-. The highest BCUT2D eigenvalue weighted by Crippen LogP contribution is 2.20. The van der Waals surface area contributed by atoms with Crippen molar-refractivity contribution in [2.24, 2.45) is 0 Å². The van der Waals surface area contributed by atoms with Crippen molar-refractivity contribution in [3.8, 4) is 11.8 Å². The Bertz CT molecular complexity index is 874. The maximum atomic E-state index is 12.6. The van der Waals surface area contributed by atoms with E-state index in [-0.39, 0.29) is 29.2 Å². The first-order chi connectivity index (χ1) is 13.8. The number of sulfone groups is 1. The van der Waals surface area contributed by atoms with Crippen LogP contribution in [0.15, 0.2) is 36.0 Å². The highest BCUT2D eigenvalue weighted by Gasteiger charge is 2.31. The van der Waals surface area contributed by atoms with E-state index in [0.29, 0.717) is 25.3 Å². The highest BCUT2D eigenvalue weighted by atomic mass is 32.2. The summed E-state index contributed by atoms with van der Waals surface area (Å²) in [6.45, 7) is 2.57. The minimum absolute atomic E-state index is 0.00972. The Balaban J connectivity index is 2.13. The van der Waals surface area contributed by atoms with Crippen molar-refractivity contribution in [1.29, 1.82) is 5.26 Å². The topological polar surface area (TPSA) is 109 Å². The van der Waals surface area contributed by atoms with Gasteiger partial charge in [0.15, 0.2) is 9.84 Å². The van der Waals surface area contributed by atoms with Gasteiger partial charge in [0.05, 0.1) is 31.3 Å². The molecule has 0 saturated carbocycles. The molecular formula is C20H27N3O5S. The fourth-order valence-electron chi connectivity index (χ4n) is 3.14. The van der Waals surface area contributed by atoms with Gasteiger partial charge in [-0.25, -0.2) is 8.42 Å². The smallest absolute Gasteiger partial charge is 0.263 e. The molecule has 0 radical (unpaired) electrons. The van der Waals surface area contributed by atoms with Crippen LogP contribution in [0.4, 0.5) is 0 Å². The quantitative estimate of drug-likeness (QED) is 0.474. The van der Waals surface area contributed by atoms with Gasteiger partial charge < -0.3 is 19.7 Å². The molecule has 158 valence electrons. The number of hydrogen-bond donors (Lipinski definition) is 1. The van der Waals surface area contributed by atoms with Gasteiger partial charge >= 0.3 is 0 Å². The van der Waals surface area contributed by atoms with Crippen LogP contribution >= 0.6 is 0 Å². The Morgan fingerprint density at radius 2 is 2.07 bits per heavy atom. The molecule has 1 aromatic carbocycles. The van der Waals surface area contributed by atoms with E-state index in [1.807, 2.05) is 25.1 Å². The molecule has 9 heteroatoms. The first-order valence-electron chi connectivity index (χ1n) is 9.31. The van der Waals surface area contributed by atoms with E-state index in [2.05, 4.69) is 5.32 Å². The Kier molecular flexibility index (Phi) is 8.05. The first-order valence-corrected chi connectivity index (χ1v) is 11.1. The fraction of sp³-hybridized carbons (Fsp3) is 0.500. The number of hydrogen-bond acceptors (Lipinski definition) is 7. The van der Waals surface area contributed by atoms with Gasteiger partial charge in [0, 0.05) is 25.9 Å². The van der Waals surface area contributed by atoms with Crippen molar-refractivity contribution in [2.75, 3.05) is 38.9 Å². The van der Waals surface area contributed by atoms with Crippen LogP contribution in [0.3, 0.4) is 0 Å². The Morgan fingerprint density at radius 3 is 2.59 bits per heavy atom. The van der Waals surface area contributed by atoms with Crippen molar-refractivity contribution in [1.82, 2.24) is 10.2 Å².